The van der Waals surface area contributed by atoms with Crippen molar-refractivity contribution in [1.82, 2.24) is 9.97 Å². The molecule has 11 heteroatoms. The summed E-state index contributed by atoms with van der Waals surface area (Å²) in [6, 6.07) is 5.76. The topological polar surface area (TPSA) is 115 Å². The lowest BCUT2D eigenvalue weighted by atomic mass is 9.82. The average molecular weight is 477 g/mol. The second-order valence-corrected chi connectivity index (χ2v) is 8.17. The maximum atomic E-state index is 13.0. The van der Waals surface area contributed by atoms with E-state index in [-0.39, 0.29) is 29.7 Å². The first-order chi connectivity index (χ1) is 16.2. The maximum Gasteiger partial charge on any atom is 0.433 e. The molecule has 2 heterocycles. The van der Waals surface area contributed by atoms with Crippen molar-refractivity contribution in [3.63, 3.8) is 0 Å². The molecule has 0 radical (unpaired) electrons. The number of nitrogens with zero attached hydrogens (tertiary/aromatic N) is 2. The van der Waals surface area contributed by atoms with E-state index in [0.29, 0.717) is 17.0 Å². The number of pyridine rings is 1. The van der Waals surface area contributed by atoms with E-state index in [9.17, 15) is 27.9 Å². The number of alkyl halides is 3. The number of aliphatic hydroxyl groups is 1. The number of hydrogen-bond donors (Lipinski definition) is 2. The Bertz CT molecular complexity index is 1220. The average Bonchev–Trinajstić information content (AvgIpc) is 3.25. The Morgan fingerprint density at radius 1 is 1.18 bits per heavy atom. The summed E-state index contributed by atoms with van der Waals surface area (Å²) in [6.45, 7) is 0.145. The fourth-order valence-corrected chi connectivity index (χ4v) is 4.05. The van der Waals surface area contributed by atoms with Crippen molar-refractivity contribution in [2.75, 3.05) is 19.0 Å². The molecule has 0 aliphatic heterocycles. The van der Waals surface area contributed by atoms with Crippen molar-refractivity contribution in [1.29, 1.82) is 0 Å². The van der Waals surface area contributed by atoms with Crippen LogP contribution < -0.4 is 5.32 Å². The van der Waals surface area contributed by atoms with E-state index in [1.807, 2.05) is 0 Å². The number of benzene rings is 1. The van der Waals surface area contributed by atoms with Crippen LogP contribution in [0.1, 0.15) is 64.0 Å². The van der Waals surface area contributed by atoms with Crippen molar-refractivity contribution in [2.45, 2.75) is 37.8 Å². The highest BCUT2D eigenvalue weighted by atomic mass is 19.4. The summed E-state index contributed by atoms with van der Waals surface area (Å²) in [5.74, 6) is -0.882. The SMILES string of the molecule is COC(=O)c1cc2nc([C@H]3CC[C@H](CO)CC3)oc2cc1NC(=O)c1cccc(C(F)(F)F)n1. The van der Waals surface area contributed by atoms with Crippen molar-refractivity contribution in [3.05, 3.63) is 53.2 Å². The number of ether oxygens (including phenoxy) is 1. The Morgan fingerprint density at radius 3 is 2.56 bits per heavy atom. The van der Waals surface area contributed by atoms with Crippen molar-refractivity contribution in [2.24, 2.45) is 5.92 Å². The van der Waals surface area contributed by atoms with Gasteiger partial charge < -0.3 is 19.6 Å². The van der Waals surface area contributed by atoms with Gasteiger partial charge in [-0.2, -0.15) is 13.2 Å². The van der Waals surface area contributed by atoms with Gasteiger partial charge in [0.25, 0.3) is 5.91 Å². The lowest BCUT2D eigenvalue weighted by Crippen LogP contribution is -2.18. The second-order valence-electron chi connectivity index (χ2n) is 8.17. The summed E-state index contributed by atoms with van der Waals surface area (Å²) in [7, 11) is 1.17. The van der Waals surface area contributed by atoms with Crippen LogP contribution in [0.4, 0.5) is 18.9 Å². The summed E-state index contributed by atoms with van der Waals surface area (Å²) in [4.78, 5) is 32.8. The van der Waals surface area contributed by atoms with Crippen molar-refractivity contribution < 1.29 is 37.0 Å². The first-order valence-corrected chi connectivity index (χ1v) is 10.7. The van der Waals surface area contributed by atoms with Gasteiger partial charge in [-0.1, -0.05) is 6.07 Å². The molecule has 1 aliphatic carbocycles. The molecule has 180 valence electrons. The molecule has 3 aromatic rings. The largest absolute Gasteiger partial charge is 0.465 e. The third kappa shape index (κ3) is 4.89. The van der Waals surface area contributed by atoms with Gasteiger partial charge in [-0.15, -0.1) is 0 Å². The number of anilines is 1. The zero-order chi connectivity index (χ0) is 24.5. The van der Waals surface area contributed by atoms with Crippen LogP contribution >= 0.6 is 0 Å². The summed E-state index contributed by atoms with van der Waals surface area (Å²) in [5.41, 5.74) is -1.02. The monoisotopic (exact) mass is 477 g/mol. The van der Waals surface area contributed by atoms with E-state index in [4.69, 9.17) is 9.15 Å². The van der Waals surface area contributed by atoms with Crippen LogP contribution in [-0.4, -0.2) is 40.7 Å². The molecule has 8 nitrogen and oxygen atoms in total. The van der Waals surface area contributed by atoms with Gasteiger partial charge >= 0.3 is 12.1 Å². The lowest BCUT2D eigenvalue weighted by Gasteiger charge is -2.24. The van der Waals surface area contributed by atoms with Crippen LogP contribution in [0.15, 0.2) is 34.7 Å². The van der Waals surface area contributed by atoms with Gasteiger partial charge in [-0.05, 0) is 49.8 Å². The highest BCUT2D eigenvalue weighted by Gasteiger charge is 2.33. The number of aromatic nitrogens is 2. The number of rotatable bonds is 5. The second kappa shape index (κ2) is 9.41. The molecule has 1 aliphatic rings. The smallest absolute Gasteiger partial charge is 0.433 e. The van der Waals surface area contributed by atoms with Gasteiger partial charge in [0, 0.05) is 18.6 Å². The summed E-state index contributed by atoms with van der Waals surface area (Å²) >= 11 is 0. The number of oxazole rings is 1. The van der Waals surface area contributed by atoms with Crippen molar-refractivity contribution >= 4 is 28.7 Å². The van der Waals surface area contributed by atoms with Crippen LogP contribution in [0.2, 0.25) is 0 Å². The zero-order valence-electron chi connectivity index (χ0n) is 18.2. The minimum absolute atomic E-state index is 0.00440. The van der Waals surface area contributed by atoms with E-state index in [1.165, 1.54) is 19.2 Å². The minimum Gasteiger partial charge on any atom is -0.465 e. The van der Waals surface area contributed by atoms with Crippen LogP contribution in [-0.2, 0) is 10.9 Å². The van der Waals surface area contributed by atoms with Gasteiger partial charge in [-0.3, -0.25) is 4.79 Å². The number of fused-ring (bicyclic) bond motifs is 1. The van der Waals surface area contributed by atoms with Crippen LogP contribution in [0.5, 0.6) is 0 Å². The number of carbonyl (C=O) groups excluding carboxylic acids is 2. The predicted molar refractivity (Wildman–Crippen MR) is 114 cm³/mol. The Hall–Kier alpha value is -3.47. The molecular formula is C23H22F3N3O5. The Kier molecular flexibility index (Phi) is 6.56. The number of methoxy groups -OCH3 is 1. The molecule has 1 amide bonds. The number of nitrogens with one attached hydrogen (secondary N) is 1. The van der Waals surface area contributed by atoms with Crippen molar-refractivity contribution in [3.8, 4) is 0 Å². The van der Waals surface area contributed by atoms with E-state index >= 15 is 0 Å². The summed E-state index contributed by atoms with van der Waals surface area (Å²) in [6.07, 6.45) is -1.42. The van der Waals surface area contributed by atoms with Gasteiger partial charge in [0.2, 0.25) is 0 Å². The highest BCUT2D eigenvalue weighted by Crippen LogP contribution is 2.37. The number of aliphatic hydroxyl groups excluding tert-OH is 1. The number of carbonyl (C=O) groups is 2. The first-order valence-electron chi connectivity index (χ1n) is 10.7. The molecule has 0 bridgehead atoms. The molecule has 34 heavy (non-hydrogen) atoms. The molecule has 0 spiro atoms. The molecule has 0 saturated heterocycles. The zero-order valence-corrected chi connectivity index (χ0v) is 18.2. The fourth-order valence-electron chi connectivity index (χ4n) is 4.05. The predicted octanol–water partition coefficient (Wildman–Crippen LogP) is 4.55. The minimum atomic E-state index is -4.71. The normalized spacial score (nSPS) is 18.6. The van der Waals surface area contributed by atoms with Crippen LogP contribution in [0.25, 0.3) is 11.1 Å². The fraction of sp³-hybridized carbons (Fsp3) is 0.391. The third-order valence-corrected chi connectivity index (χ3v) is 5.92. The summed E-state index contributed by atoms with van der Waals surface area (Å²) < 4.78 is 49.6. The summed E-state index contributed by atoms with van der Waals surface area (Å²) in [5, 5.41) is 11.8. The van der Waals surface area contributed by atoms with Crippen LogP contribution in [0.3, 0.4) is 0 Å². The number of amides is 1. The molecular weight excluding hydrogens is 455 g/mol. The Morgan fingerprint density at radius 2 is 1.91 bits per heavy atom. The van der Waals surface area contributed by atoms with E-state index < -0.39 is 29.4 Å². The molecule has 4 rings (SSSR count). The van der Waals surface area contributed by atoms with Gasteiger partial charge in [0.15, 0.2) is 11.5 Å². The standard InChI is InChI=1S/C23H22F3N3O5/c1-33-22(32)14-9-17-18(34-21(29-17)13-7-5-12(11-30)6-8-13)10-16(14)28-20(31)15-3-2-4-19(27-15)23(24,25)26/h2-4,9-10,12-13,30H,5-8,11H2,1H3,(H,28,31)/t12-,13-. The number of hydrogen-bond acceptors (Lipinski definition) is 7. The Labute approximate surface area is 192 Å². The maximum absolute atomic E-state index is 13.0. The number of esters is 1. The van der Waals surface area contributed by atoms with Crippen LogP contribution in [0, 0.1) is 5.92 Å². The quantitative estimate of drug-likeness (QED) is 0.518. The molecule has 1 aromatic carbocycles. The molecule has 2 N–H and O–H groups in total. The molecule has 1 fully saturated rings. The highest BCUT2D eigenvalue weighted by molar-refractivity contribution is 6.08. The lowest BCUT2D eigenvalue weighted by molar-refractivity contribution is -0.141. The van der Waals surface area contributed by atoms with E-state index in [0.717, 1.165) is 43.9 Å². The molecule has 0 unspecified atom stereocenters. The Balaban J connectivity index is 1.65. The molecule has 0 atom stereocenters. The van der Waals surface area contributed by atoms with Gasteiger partial charge in [-0.25, -0.2) is 14.8 Å². The van der Waals surface area contributed by atoms with Gasteiger partial charge in [0.1, 0.15) is 16.9 Å². The first kappa shape index (κ1) is 23.7. The third-order valence-electron chi connectivity index (χ3n) is 5.92. The molecule has 1 saturated carbocycles. The van der Waals surface area contributed by atoms with E-state index in [1.54, 1.807) is 0 Å². The number of halogens is 3. The van der Waals surface area contributed by atoms with Gasteiger partial charge in [0.05, 0.1) is 18.4 Å². The van der Waals surface area contributed by atoms with E-state index in [2.05, 4.69) is 15.3 Å². The molecule has 2 aromatic heterocycles.